The second-order valence-electron chi connectivity index (χ2n) is 5.75. The molecule has 1 amide bonds. The quantitative estimate of drug-likeness (QED) is 0.861. The van der Waals surface area contributed by atoms with E-state index in [1.807, 2.05) is 32.0 Å². The topological polar surface area (TPSA) is 66.4 Å². The third kappa shape index (κ3) is 4.95. The van der Waals surface area contributed by atoms with E-state index in [-0.39, 0.29) is 12.3 Å². The Kier molecular flexibility index (Phi) is 5.52. The molecule has 2 N–H and O–H groups in total. The molecule has 0 radical (unpaired) electrons. The third-order valence-corrected chi connectivity index (χ3v) is 3.61. The molecule has 1 unspecified atom stereocenters. The van der Waals surface area contributed by atoms with E-state index in [1.54, 1.807) is 24.3 Å². The van der Waals surface area contributed by atoms with Gasteiger partial charge < -0.3 is 10.4 Å². The highest BCUT2D eigenvalue weighted by Crippen LogP contribution is 2.14. The number of carbonyl (C=O) groups excluding carboxylic acids is 1. The number of rotatable bonds is 6. The van der Waals surface area contributed by atoms with Crippen LogP contribution in [0.2, 0.25) is 0 Å². The highest BCUT2D eigenvalue weighted by atomic mass is 16.4. The van der Waals surface area contributed by atoms with Gasteiger partial charge in [-0.15, -0.1) is 0 Å². The Morgan fingerprint density at radius 1 is 1.04 bits per heavy atom. The molecule has 0 aliphatic carbocycles. The average Bonchev–Trinajstić information content (AvgIpc) is 2.50. The first kappa shape index (κ1) is 16.7. The normalized spacial score (nSPS) is 11.7. The second-order valence-corrected chi connectivity index (χ2v) is 5.75. The standard InChI is InChI=1S/C19H21NO3/c1-13-10-14(2)12-15(11-13)8-9-17(21)20-18(19(22)23)16-6-4-3-5-7-16/h3-7,10-12,18H,8-9H2,1-2H3,(H,20,21)(H,22,23). The molecule has 4 nitrogen and oxygen atoms in total. The summed E-state index contributed by atoms with van der Waals surface area (Å²) in [5.74, 6) is -1.32. The molecule has 23 heavy (non-hydrogen) atoms. The third-order valence-electron chi connectivity index (χ3n) is 3.61. The fourth-order valence-electron chi connectivity index (χ4n) is 2.64. The van der Waals surface area contributed by atoms with Gasteiger partial charge in [0.15, 0.2) is 6.04 Å². The Labute approximate surface area is 136 Å². The Morgan fingerprint density at radius 2 is 1.65 bits per heavy atom. The van der Waals surface area contributed by atoms with Crippen LogP contribution in [0.15, 0.2) is 48.5 Å². The molecule has 0 saturated heterocycles. The Hall–Kier alpha value is -2.62. The van der Waals surface area contributed by atoms with Crippen LogP contribution < -0.4 is 5.32 Å². The summed E-state index contributed by atoms with van der Waals surface area (Å²) in [7, 11) is 0. The second kappa shape index (κ2) is 7.58. The van der Waals surface area contributed by atoms with Crippen LogP contribution in [-0.2, 0) is 16.0 Å². The number of aryl methyl sites for hydroxylation is 3. The first-order chi connectivity index (χ1) is 11.0. The van der Waals surface area contributed by atoms with Crippen LogP contribution in [-0.4, -0.2) is 17.0 Å². The highest BCUT2D eigenvalue weighted by Gasteiger charge is 2.21. The highest BCUT2D eigenvalue weighted by molar-refractivity contribution is 5.84. The lowest BCUT2D eigenvalue weighted by atomic mass is 10.0. The van der Waals surface area contributed by atoms with Gasteiger partial charge in [0.05, 0.1) is 0 Å². The lowest BCUT2D eigenvalue weighted by Crippen LogP contribution is -2.33. The largest absolute Gasteiger partial charge is 0.479 e. The summed E-state index contributed by atoms with van der Waals surface area (Å²) in [5.41, 5.74) is 3.98. The van der Waals surface area contributed by atoms with Crippen LogP contribution in [0.4, 0.5) is 0 Å². The Balaban J connectivity index is 1.98. The molecule has 0 spiro atoms. The maximum atomic E-state index is 12.1. The van der Waals surface area contributed by atoms with Crippen molar-refractivity contribution in [2.75, 3.05) is 0 Å². The van der Waals surface area contributed by atoms with E-state index < -0.39 is 12.0 Å². The summed E-state index contributed by atoms with van der Waals surface area (Å²) in [4.78, 5) is 23.5. The molecule has 0 aliphatic heterocycles. The van der Waals surface area contributed by atoms with E-state index in [0.29, 0.717) is 12.0 Å². The maximum absolute atomic E-state index is 12.1. The van der Waals surface area contributed by atoms with Gasteiger partial charge in [0, 0.05) is 6.42 Å². The van der Waals surface area contributed by atoms with Gasteiger partial charge in [-0.25, -0.2) is 4.79 Å². The average molecular weight is 311 g/mol. The zero-order valence-corrected chi connectivity index (χ0v) is 13.4. The number of hydrogen-bond donors (Lipinski definition) is 2. The van der Waals surface area contributed by atoms with E-state index >= 15 is 0 Å². The SMILES string of the molecule is Cc1cc(C)cc(CCC(=O)NC(C(=O)O)c2ccccc2)c1. The molecule has 1 atom stereocenters. The molecule has 2 aromatic carbocycles. The van der Waals surface area contributed by atoms with Crippen molar-refractivity contribution in [1.82, 2.24) is 5.32 Å². The van der Waals surface area contributed by atoms with Crippen molar-refractivity contribution >= 4 is 11.9 Å². The van der Waals surface area contributed by atoms with Crippen LogP contribution in [0.3, 0.4) is 0 Å². The van der Waals surface area contributed by atoms with E-state index in [0.717, 1.165) is 16.7 Å². The van der Waals surface area contributed by atoms with Crippen molar-refractivity contribution in [3.05, 3.63) is 70.8 Å². The summed E-state index contributed by atoms with van der Waals surface area (Å²) in [6, 6.07) is 13.9. The fraction of sp³-hybridized carbons (Fsp3) is 0.263. The molecule has 0 aliphatic rings. The van der Waals surface area contributed by atoms with Crippen LogP contribution in [0.1, 0.15) is 34.7 Å². The van der Waals surface area contributed by atoms with Crippen molar-refractivity contribution in [3.8, 4) is 0 Å². The van der Waals surface area contributed by atoms with Crippen LogP contribution in [0.5, 0.6) is 0 Å². The van der Waals surface area contributed by atoms with Gasteiger partial charge in [0.1, 0.15) is 0 Å². The van der Waals surface area contributed by atoms with Crippen LogP contribution in [0.25, 0.3) is 0 Å². The van der Waals surface area contributed by atoms with Gasteiger partial charge in [0.25, 0.3) is 0 Å². The maximum Gasteiger partial charge on any atom is 0.330 e. The minimum atomic E-state index is -1.06. The Morgan fingerprint density at radius 3 is 2.22 bits per heavy atom. The van der Waals surface area contributed by atoms with E-state index in [2.05, 4.69) is 11.4 Å². The monoisotopic (exact) mass is 311 g/mol. The summed E-state index contributed by atoms with van der Waals surface area (Å²) >= 11 is 0. The number of hydrogen-bond acceptors (Lipinski definition) is 2. The van der Waals surface area contributed by atoms with Crippen molar-refractivity contribution < 1.29 is 14.7 Å². The summed E-state index contributed by atoms with van der Waals surface area (Å²) in [5, 5.41) is 11.9. The molecule has 0 aromatic heterocycles. The van der Waals surface area contributed by atoms with Gasteiger partial charge in [-0.2, -0.15) is 0 Å². The molecule has 0 saturated carbocycles. The van der Waals surface area contributed by atoms with Gasteiger partial charge >= 0.3 is 5.97 Å². The van der Waals surface area contributed by atoms with Crippen LogP contribution in [0, 0.1) is 13.8 Å². The molecule has 4 heteroatoms. The summed E-state index contributed by atoms with van der Waals surface area (Å²) < 4.78 is 0. The van der Waals surface area contributed by atoms with Gasteiger partial charge in [-0.3, -0.25) is 4.79 Å². The molecular formula is C19H21NO3. The van der Waals surface area contributed by atoms with Crippen LogP contribution >= 0.6 is 0 Å². The van der Waals surface area contributed by atoms with E-state index in [1.165, 1.54) is 0 Å². The molecule has 0 fully saturated rings. The molecule has 2 rings (SSSR count). The summed E-state index contributed by atoms with van der Waals surface area (Å²) in [6.45, 7) is 4.04. The fourth-order valence-corrected chi connectivity index (χ4v) is 2.64. The first-order valence-electron chi connectivity index (χ1n) is 7.60. The lowest BCUT2D eigenvalue weighted by Gasteiger charge is -2.15. The number of benzene rings is 2. The number of carboxylic acid groups (broad SMARTS) is 1. The molecule has 0 bridgehead atoms. The first-order valence-corrected chi connectivity index (χ1v) is 7.60. The van der Waals surface area contributed by atoms with Gasteiger partial charge in [-0.05, 0) is 31.4 Å². The minimum absolute atomic E-state index is 0.263. The molecule has 0 heterocycles. The molecule has 120 valence electrons. The zero-order chi connectivity index (χ0) is 16.8. The zero-order valence-electron chi connectivity index (χ0n) is 13.4. The van der Waals surface area contributed by atoms with Gasteiger partial charge in [0.2, 0.25) is 5.91 Å². The number of aliphatic carboxylic acids is 1. The van der Waals surface area contributed by atoms with Crippen molar-refractivity contribution in [3.63, 3.8) is 0 Å². The molecular weight excluding hydrogens is 290 g/mol. The smallest absolute Gasteiger partial charge is 0.330 e. The number of amides is 1. The minimum Gasteiger partial charge on any atom is -0.479 e. The summed E-state index contributed by atoms with van der Waals surface area (Å²) in [6.07, 6.45) is 0.856. The molecule has 2 aromatic rings. The Bertz CT molecular complexity index is 675. The van der Waals surface area contributed by atoms with Gasteiger partial charge in [-0.1, -0.05) is 59.7 Å². The van der Waals surface area contributed by atoms with E-state index in [9.17, 15) is 14.7 Å². The predicted molar refractivity (Wildman–Crippen MR) is 89.2 cm³/mol. The van der Waals surface area contributed by atoms with Crippen molar-refractivity contribution in [2.24, 2.45) is 0 Å². The van der Waals surface area contributed by atoms with E-state index in [4.69, 9.17) is 0 Å². The van der Waals surface area contributed by atoms with Crippen molar-refractivity contribution in [2.45, 2.75) is 32.7 Å². The van der Waals surface area contributed by atoms with Crippen molar-refractivity contribution in [1.29, 1.82) is 0 Å². The number of nitrogens with one attached hydrogen (secondary N) is 1. The number of carboxylic acids is 1. The number of carbonyl (C=O) groups is 2. The lowest BCUT2D eigenvalue weighted by molar-refractivity contribution is -0.142. The predicted octanol–water partition coefficient (Wildman–Crippen LogP) is 3.18.